The van der Waals surface area contributed by atoms with Crippen molar-refractivity contribution >= 4 is 11.6 Å². The third-order valence-electron chi connectivity index (χ3n) is 1.87. The molecule has 0 saturated carbocycles. The van der Waals surface area contributed by atoms with Gasteiger partial charge in [0.25, 0.3) is 0 Å². The molecule has 0 bridgehead atoms. The number of hydrogen-bond acceptors (Lipinski definition) is 0. The third kappa shape index (κ3) is 5.76. The minimum absolute atomic E-state index is 0.0335. The summed E-state index contributed by atoms with van der Waals surface area (Å²) < 4.78 is 24.1. The Balaban J connectivity index is 3.85. The van der Waals surface area contributed by atoms with Crippen molar-refractivity contribution in [2.75, 3.05) is 5.88 Å². The third-order valence-corrected chi connectivity index (χ3v) is 2.40. The maximum atomic E-state index is 12.1. The molecule has 1 unspecified atom stereocenters. The van der Waals surface area contributed by atoms with Gasteiger partial charge in [-0.2, -0.15) is 0 Å². The van der Waals surface area contributed by atoms with Crippen molar-refractivity contribution in [3.05, 3.63) is 0 Å². The summed E-state index contributed by atoms with van der Waals surface area (Å²) >= 11 is 5.61. The Morgan fingerprint density at radius 1 is 1.25 bits per heavy atom. The van der Waals surface area contributed by atoms with Crippen molar-refractivity contribution in [1.29, 1.82) is 0 Å². The highest BCUT2D eigenvalue weighted by Gasteiger charge is 2.24. The van der Waals surface area contributed by atoms with Gasteiger partial charge in [-0.05, 0) is 17.8 Å². The molecule has 0 saturated heterocycles. The fourth-order valence-corrected chi connectivity index (χ4v) is 1.61. The van der Waals surface area contributed by atoms with Gasteiger partial charge in [-0.15, -0.1) is 11.6 Å². The van der Waals surface area contributed by atoms with Crippen LogP contribution in [0.2, 0.25) is 0 Å². The molecule has 74 valence electrons. The number of hydrogen-bond donors (Lipinski definition) is 0. The van der Waals surface area contributed by atoms with E-state index < -0.39 is 6.43 Å². The van der Waals surface area contributed by atoms with Crippen LogP contribution >= 0.6 is 11.6 Å². The van der Waals surface area contributed by atoms with Crippen LogP contribution in [-0.2, 0) is 0 Å². The smallest absolute Gasteiger partial charge is 0.211 e. The van der Waals surface area contributed by atoms with E-state index in [0.29, 0.717) is 11.8 Å². The van der Waals surface area contributed by atoms with E-state index in [9.17, 15) is 8.78 Å². The minimum atomic E-state index is -2.21. The Morgan fingerprint density at radius 3 is 2.08 bits per heavy atom. The van der Waals surface area contributed by atoms with Crippen molar-refractivity contribution < 1.29 is 8.78 Å². The molecular formula is C9H17ClF2. The first kappa shape index (κ1) is 12.2. The van der Waals surface area contributed by atoms with E-state index in [1.54, 1.807) is 0 Å². The van der Waals surface area contributed by atoms with E-state index in [-0.39, 0.29) is 11.8 Å². The van der Waals surface area contributed by atoms with Crippen molar-refractivity contribution in [2.24, 2.45) is 11.3 Å². The lowest BCUT2D eigenvalue weighted by Crippen LogP contribution is -2.19. The molecule has 0 N–H and O–H groups in total. The lowest BCUT2D eigenvalue weighted by Gasteiger charge is -2.26. The zero-order valence-electron chi connectivity index (χ0n) is 7.91. The minimum Gasteiger partial charge on any atom is -0.211 e. The summed E-state index contributed by atoms with van der Waals surface area (Å²) in [5.74, 6) is 0.868. The molecule has 0 aromatic carbocycles. The Morgan fingerprint density at radius 2 is 1.75 bits per heavy atom. The summed E-state index contributed by atoms with van der Waals surface area (Å²) in [5, 5.41) is 0. The highest BCUT2D eigenvalue weighted by Crippen LogP contribution is 2.32. The van der Waals surface area contributed by atoms with Crippen LogP contribution in [0.5, 0.6) is 0 Å². The topological polar surface area (TPSA) is 0 Å². The maximum Gasteiger partial charge on any atom is 0.239 e. The van der Waals surface area contributed by atoms with Crippen LogP contribution in [0.25, 0.3) is 0 Å². The van der Waals surface area contributed by atoms with Gasteiger partial charge in [0.2, 0.25) is 6.43 Å². The van der Waals surface area contributed by atoms with Crippen LogP contribution in [0.15, 0.2) is 0 Å². The quantitative estimate of drug-likeness (QED) is 0.588. The van der Waals surface area contributed by atoms with Crippen LogP contribution < -0.4 is 0 Å². The van der Waals surface area contributed by atoms with Crippen LogP contribution in [0.4, 0.5) is 8.78 Å². The normalized spacial score (nSPS) is 15.2. The van der Waals surface area contributed by atoms with E-state index >= 15 is 0 Å². The first-order chi connectivity index (χ1) is 5.37. The second kappa shape index (κ2) is 5.00. The molecule has 0 aliphatic heterocycles. The molecule has 12 heavy (non-hydrogen) atoms. The van der Waals surface area contributed by atoms with Crippen LogP contribution in [0, 0.1) is 11.3 Å². The Bertz CT molecular complexity index is 124. The molecule has 0 aliphatic carbocycles. The van der Waals surface area contributed by atoms with E-state index in [2.05, 4.69) is 0 Å². The fraction of sp³-hybridized carbons (Fsp3) is 1.00. The summed E-state index contributed by atoms with van der Waals surface area (Å²) in [4.78, 5) is 0. The van der Waals surface area contributed by atoms with E-state index in [1.165, 1.54) is 0 Å². The predicted octanol–water partition coefficient (Wildman–Crippen LogP) is 3.93. The molecule has 3 heteroatoms. The summed E-state index contributed by atoms with van der Waals surface area (Å²) in [6.07, 6.45) is -1.47. The average Bonchev–Trinajstić information content (AvgIpc) is 1.83. The molecule has 0 spiro atoms. The van der Waals surface area contributed by atoms with E-state index in [1.807, 2.05) is 20.8 Å². The Kier molecular flexibility index (Phi) is 5.07. The SMILES string of the molecule is CC(CCl)CC(C)(C)CC(F)F. The molecule has 0 heterocycles. The lowest BCUT2D eigenvalue weighted by atomic mass is 9.81. The van der Waals surface area contributed by atoms with Gasteiger partial charge in [0.1, 0.15) is 0 Å². The molecule has 0 aromatic heterocycles. The average molecular weight is 199 g/mol. The van der Waals surface area contributed by atoms with Gasteiger partial charge >= 0.3 is 0 Å². The van der Waals surface area contributed by atoms with Crippen LogP contribution in [-0.4, -0.2) is 12.3 Å². The second-order valence-electron chi connectivity index (χ2n) is 4.22. The van der Waals surface area contributed by atoms with Crippen molar-refractivity contribution in [3.8, 4) is 0 Å². The Hall–Kier alpha value is 0.150. The van der Waals surface area contributed by atoms with Crippen molar-refractivity contribution in [2.45, 2.75) is 40.0 Å². The van der Waals surface area contributed by atoms with Crippen LogP contribution in [0.1, 0.15) is 33.6 Å². The highest BCUT2D eigenvalue weighted by molar-refractivity contribution is 6.18. The molecule has 0 aliphatic rings. The lowest BCUT2D eigenvalue weighted by molar-refractivity contribution is 0.0780. The molecule has 0 rings (SSSR count). The van der Waals surface area contributed by atoms with Gasteiger partial charge < -0.3 is 0 Å². The molecule has 0 amide bonds. The first-order valence-corrected chi connectivity index (χ1v) is 4.75. The van der Waals surface area contributed by atoms with Gasteiger partial charge in [0.05, 0.1) is 0 Å². The molecular weight excluding hydrogens is 182 g/mol. The summed E-state index contributed by atoms with van der Waals surface area (Å²) in [6.45, 7) is 5.71. The van der Waals surface area contributed by atoms with Crippen LogP contribution in [0.3, 0.4) is 0 Å². The van der Waals surface area contributed by atoms with Gasteiger partial charge in [0, 0.05) is 12.3 Å². The number of alkyl halides is 3. The molecule has 0 fully saturated rings. The summed E-state index contributed by atoms with van der Waals surface area (Å²) in [7, 11) is 0. The second-order valence-corrected chi connectivity index (χ2v) is 4.53. The predicted molar refractivity (Wildman–Crippen MR) is 48.9 cm³/mol. The van der Waals surface area contributed by atoms with Gasteiger partial charge in [0.15, 0.2) is 0 Å². The zero-order chi connectivity index (χ0) is 9.78. The van der Waals surface area contributed by atoms with Crippen molar-refractivity contribution in [1.82, 2.24) is 0 Å². The zero-order valence-corrected chi connectivity index (χ0v) is 8.67. The maximum absolute atomic E-state index is 12.1. The van der Waals surface area contributed by atoms with Crippen molar-refractivity contribution in [3.63, 3.8) is 0 Å². The largest absolute Gasteiger partial charge is 0.239 e. The summed E-state index contributed by atoms with van der Waals surface area (Å²) in [5.41, 5.74) is -0.289. The van der Waals surface area contributed by atoms with E-state index in [0.717, 1.165) is 6.42 Å². The summed E-state index contributed by atoms with van der Waals surface area (Å²) in [6, 6.07) is 0. The molecule has 1 atom stereocenters. The monoisotopic (exact) mass is 198 g/mol. The van der Waals surface area contributed by atoms with Gasteiger partial charge in [-0.25, -0.2) is 8.78 Å². The van der Waals surface area contributed by atoms with Gasteiger partial charge in [-0.3, -0.25) is 0 Å². The first-order valence-electron chi connectivity index (χ1n) is 4.21. The fourth-order valence-electron chi connectivity index (χ4n) is 1.50. The van der Waals surface area contributed by atoms with Gasteiger partial charge in [-0.1, -0.05) is 20.8 Å². The highest BCUT2D eigenvalue weighted by atomic mass is 35.5. The molecule has 0 nitrogen and oxygen atoms in total. The number of halogens is 3. The molecule has 0 radical (unpaired) electrons. The number of rotatable bonds is 5. The van der Waals surface area contributed by atoms with E-state index in [4.69, 9.17) is 11.6 Å². The Labute approximate surface area is 78.3 Å². The molecule has 0 aromatic rings. The standard InChI is InChI=1S/C9H17ClF2/c1-7(6-10)4-9(2,3)5-8(11)12/h7-8H,4-6H2,1-3H3.